The molecule has 0 aliphatic rings. The van der Waals surface area contributed by atoms with Crippen LogP contribution in [-0.4, -0.2) is 12.5 Å². The van der Waals surface area contributed by atoms with Crippen molar-refractivity contribution in [2.75, 3.05) is 6.54 Å². The Morgan fingerprint density at radius 1 is 0.619 bits per heavy atom. The molecule has 4 N–H and O–H groups in total. The van der Waals surface area contributed by atoms with Crippen LogP contribution in [0.2, 0.25) is 0 Å². The smallest absolute Gasteiger partial charge is 0.185 e. The molecule has 0 radical (unpaired) electrons. The van der Waals surface area contributed by atoms with Gasteiger partial charge in [-0.3, -0.25) is 4.99 Å². The number of rotatable bonds is 15. The Morgan fingerprint density at radius 2 is 0.952 bits per heavy atom. The Morgan fingerprint density at radius 3 is 1.29 bits per heavy atom. The number of nitrogens with two attached hydrogens (primary N) is 2. The summed E-state index contributed by atoms with van der Waals surface area (Å²) < 4.78 is 0. The lowest BCUT2D eigenvalue weighted by atomic mass is 10.0. The van der Waals surface area contributed by atoms with E-state index in [0.29, 0.717) is 0 Å². The first-order chi connectivity index (χ1) is 9.77. The minimum Gasteiger partial charge on any atom is -0.370 e. The zero-order valence-electron chi connectivity index (χ0n) is 14.1. The van der Waals surface area contributed by atoms with Crippen molar-refractivity contribution in [2.24, 2.45) is 16.5 Å². The fourth-order valence-electron chi connectivity index (χ4n) is 2.51. The van der Waals surface area contributed by atoms with Crippen molar-refractivity contribution in [1.29, 1.82) is 0 Å². The van der Waals surface area contributed by atoms with Crippen LogP contribution in [0.15, 0.2) is 4.99 Å². The minimum absolute atomic E-state index is 0. The Hall–Kier alpha value is -0.440. The Bertz CT molecular complexity index is 216. The van der Waals surface area contributed by atoms with E-state index >= 15 is 0 Å². The molecule has 0 unspecified atom stereocenters. The number of hydrogen-bond acceptors (Lipinski definition) is 1. The predicted molar refractivity (Wildman–Crippen MR) is 98.2 cm³/mol. The van der Waals surface area contributed by atoms with E-state index in [2.05, 4.69) is 11.9 Å². The molecule has 0 aromatic heterocycles. The highest BCUT2D eigenvalue weighted by Crippen LogP contribution is 2.12. The molecule has 0 saturated carbocycles. The van der Waals surface area contributed by atoms with Gasteiger partial charge in [-0.1, -0.05) is 90.4 Å². The van der Waals surface area contributed by atoms with E-state index in [1.807, 2.05) is 0 Å². The molecule has 4 heteroatoms. The van der Waals surface area contributed by atoms with Crippen LogP contribution in [0.3, 0.4) is 0 Å². The molecule has 0 rings (SSSR count). The number of nitrogens with zero attached hydrogens (tertiary/aromatic N) is 1. The zero-order chi connectivity index (χ0) is 14.9. The lowest BCUT2D eigenvalue weighted by Crippen LogP contribution is -2.22. The van der Waals surface area contributed by atoms with Gasteiger partial charge in [-0.15, -0.1) is 12.4 Å². The molecule has 0 aromatic rings. The van der Waals surface area contributed by atoms with E-state index in [0.717, 1.165) is 13.0 Å². The van der Waals surface area contributed by atoms with Crippen molar-refractivity contribution in [3.05, 3.63) is 0 Å². The van der Waals surface area contributed by atoms with Crippen LogP contribution in [0.5, 0.6) is 0 Å². The summed E-state index contributed by atoms with van der Waals surface area (Å²) in [4.78, 5) is 3.99. The molecule has 0 heterocycles. The molecule has 3 nitrogen and oxygen atoms in total. The van der Waals surface area contributed by atoms with E-state index in [9.17, 15) is 0 Å². The van der Waals surface area contributed by atoms with Crippen molar-refractivity contribution < 1.29 is 0 Å². The second-order valence-electron chi connectivity index (χ2n) is 5.90. The van der Waals surface area contributed by atoms with Gasteiger partial charge in [0.2, 0.25) is 0 Å². The Balaban J connectivity index is 0. The van der Waals surface area contributed by atoms with Crippen molar-refractivity contribution in [2.45, 2.75) is 96.8 Å². The number of guanidine groups is 1. The van der Waals surface area contributed by atoms with Crippen LogP contribution in [0.25, 0.3) is 0 Å². The molecule has 21 heavy (non-hydrogen) atoms. The van der Waals surface area contributed by atoms with E-state index in [1.54, 1.807) is 0 Å². The van der Waals surface area contributed by atoms with Crippen molar-refractivity contribution in [1.82, 2.24) is 0 Å². The maximum atomic E-state index is 5.27. The van der Waals surface area contributed by atoms with Crippen LogP contribution >= 0.6 is 12.4 Å². The number of unbranched alkanes of at least 4 members (excludes halogenated alkanes) is 13. The summed E-state index contributed by atoms with van der Waals surface area (Å²) in [5.74, 6) is 0.222. The fraction of sp³-hybridized carbons (Fsp3) is 0.941. The summed E-state index contributed by atoms with van der Waals surface area (Å²) >= 11 is 0. The van der Waals surface area contributed by atoms with Gasteiger partial charge in [0.05, 0.1) is 0 Å². The maximum absolute atomic E-state index is 5.27. The Labute approximate surface area is 138 Å². The van der Waals surface area contributed by atoms with Gasteiger partial charge in [-0.25, -0.2) is 0 Å². The van der Waals surface area contributed by atoms with E-state index in [-0.39, 0.29) is 18.4 Å². The van der Waals surface area contributed by atoms with Gasteiger partial charge in [-0.2, -0.15) is 0 Å². The molecule has 0 bridgehead atoms. The van der Waals surface area contributed by atoms with E-state index in [4.69, 9.17) is 11.5 Å². The van der Waals surface area contributed by atoms with Gasteiger partial charge in [0.1, 0.15) is 0 Å². The van der Waals surface area contributed by atoms with E-state index in [1.165, 1.54) is 83.5 Å². The van der Waals surface area contributed by atoms with Gasteiger partial charge in [-0.05, 0) is 6.42 Å². The summed E-state index contributed by atoms with van der Waals surface area (Å²) in [5.41, 5.74) is 10.5. The molecule has 128 valence electrons. The van der Waals surface area contributed by atoms with Crippen LogP contribution in [-0.2, 0) is 0 Å². The lowest BCUT2D eigenvalue weighted by molar-refractivity contribution is 0.536. The highest BCUT2D eigenvalue weighted by Gasteiger charge is 1.93. The third kappa shape index (κ3) is 22.0. The summed E-state index contributed by atoms with van der Waals surface area (Å²) in [6.07, 6.45) is 19.3. The van der Waals surface area contributed by atoms with Crippen LogP contribution in [0.1, 0.15) is 96.8 Å². The van der Waals surface area contributed by atoms with Crippen LogP contribution < -0.4 is 11.5 Å². The molecule has 0 saturated heterocycles. The maximum Gasteiger partial charge on any atom is 0.185 e. The molecular weight excluding hydrogens is 282 g/mol. The van der Waals surface area contributed by atoms with Gasteiger partial charge >= 0.3 is 0 Å². The van der Waals surface area contributed by atoms with Crippen LogP contribution in [0, 0.1) is 0 Å². The molecule has 0 fully saturated rings. The first kappa shape index (κ1) is 22.8. The first-order valence-electron chi connectivity index (χ1n) is 8.82. The summed E-state index contributed by atoms with van der Waals surface area (Å²) in [5, 5.41) is 0. The molecular formula is C17H38ClN3. The number of hydrogen-bond donors (Lipinski definition) is 2. The monoisotopic (exact) mass is 319 g/mol. The SMILES string of the molecule is CCCCCCCCCCCCCCCCN=C(N)N.Cl. The summed E-state index contributed by atoms with van der Waals surface area (Å²) in [6, 6.07) is 0. The third-order valence-electron chi connectivity index (χ3n) is 3.81. The molecule has 0 aromatic carbocycles. The van der Waals surface area contributed by atoms with Crippen molar-refractivity contribution in [3.8, 4) is 0 Å². The van der Waals surface area contributed by atoms with Crippen molar-refractivity contribution in [3.63, 3.8) is 0 Å². The Kier molecular flexibility index (Phi) is 21.3. The van der Waals surface area contributed by atoms with Gasteiger partial charge < -0.3 is 11.5 Å². The second-order valence-corrected chi connectivity index (χ2v) is 5.90. The van der Waals surface area contributed by atoms with Crippen molar-refractivity contribution >= 4 is 18.4 Å². The molecule has 0 aliphatic heterocycles. The molecule has 0 atom stereocenters. The zero-order valence-corrected chi connectivity index (χ0v) is 14.9. The van der Waals surface area contributed by atoms with Gasteiger partial charge in [0, 0.05) is 6.54 Å². The number of aliphatic imine (C=N–C) groups is 1. The molecule has 0 spiro atoms. The van der Waals surface area contributed by atoms with Gasteiger partial charge in [0.25, 0.3) is 0 Å². The minimum atomic E-state index is 0. The summed E-state index contributed by atoms with van der Waals surface area (Å²) in [7, 11) is 0. The normalized spacial score (nSPS) is 10.1. The molecule has 0 amide bonds. The number of halogens is 1. The lowest BCUT2D eigenvalue weighted by Gasteiger charge is -2.02. The average Bonchev–Trinajstić information content (AvgIpc) is 2.43. The molecule has 0 aliphatic carbocycles. The largest absolute Gasteiger partial charge is 0.370 e. The predicted octanol–water partition coefficient (Wildman–Crippen LogP) is 5.16. The quantitative estimate of drug-likeness (QED) is 0.249. The first-order valence-corrected chi connectivity index (χ1v) is 8.82. The summed E-state index contributed by atoms with van der Waals surface area (Å²) in [6.45, 7) is 3.07. The topological polar surface area (TPSA) is 64.4 Å². The second kappa shape index (κ2) is 19.6. The highest BCUT2D eigenvalue weighted by atomic mass is 35.5. The van der Waals surface area contributed by atoms with E-state index < -0.39 is 0 Å². The van der Waals surface area contributed by atoms with Gasteiger partial charge in [0.15, 0.2) is 5.96 Å². The standard InChI is InChI=1S/C17H37N3.ClH/c1-2-3-4-5-6-7-8-9-10-11-12-13-14-15-16-20-17(18)19;/h2-16H2,1H3,(H4,18,19,20);1H. The fourth-order valence-corrected chi connectivity index (χ4v) is 2.51. The third-order valence-corrected chi connectivity index (χ3v) is 3.81. The average molecular weight is 320 g/mol. The highest BCUT2D eigenvalue weighted by molar-refractivity contribution is 5.85. The van der Waals surface area contributed by atoms with Crippen LogP contribution in [0.4, 0.5) is 0 Å².